The Bertz CT molecular complexity index is 684. The minimum absolute atomic E-state index is 0.166. The van der Waals surface area contributed by atoms with Gasteiger partial charge in [0, 0.05) is 18.2 Å². The van der Waals surface area contributed by atoms with E-state index in [0.717, 1.165) is 24.1 Å². The zero-order valence-corrected chi connectivity index (χ0v) is 13.1. The van der Waals surface area contributed by atoms with E-state index in [1.54, 1.807) is 6.07 Å². The van der Waals surface area contributed by atoms with Gasteiger partial charge < -0.3 is 10.1 Å². The van der Waals surface area contributed by atoms with Crippen LogP contribution in [-0.4, -0.2) is 26.8 Å². The predicted octanol–water partition coefficient (Wildman–Crippen LogP) is 1.70. The summed E-state index contributed by atoms with van der Waals surface area (Å²) in [4.78, 5) is 20.2. The first-order valence-corrected chi connectivity index (χ1v) is 7.47. The first-order chi connectivity index (χ1) is 10.7. The maximum atomic E-state index is 12.0. The molecule has 2 rings (SSSR count). The van der Waals surface area contributed by atoms with E-state index in [-0.39, 0.29) is 5.56 Å². The molecule has 2 aromatic heterocycles. The highest BCUT2D eigenvalue weighted by molar-refractivity contribution is 5.39. The van der Waals surface area contributed by atoms with Gasteiger partial charge >= 0.3 is 0 Å². The molecule has 22 heavy (non-hydrogen) atoms. The molecule has 0 aliphatic rings. The minimum Gasteiger partial charge on any atom is -0.478 e. The van der Waals surface area contributed by atoms with Gasteiger partial charge in [-0.15, -0.1) is 0 Å². The molecule has 2 aromatic rings. The molecule has 0 saturated heterocycles. The number of nitrogens with one attached hydrogen (secondary N) is 2. The summed E-state index contributed by atoms with van der Waals surface area (Å²) in [6.45, 7) is 6.87. The highest BCUT2D eigenvalue weighted by atomic mass is 16.5. The average molecular weight is 303 g/mol. The van der Waals surface area contributed by atoms with Gasteiger partial charge in [-0.3, -0.25) is 4.79 Å². The Morgan fingerprint density at radius 3 is 2.68 bits per heavy atom. The van der Waals surface area contributed by atoms with E-state index >= 15 is 0 Å². The fraction of sp³-hybridized carbons (Fsp3) is 0.467. The van der Waals surface area contributed by atoms with Gasteiger partial charge in [0.25, 0.3) is 5.56 Å². The molecule has 0 spiro atoms. The molecule has 0 radical (unpaired) electrons. The van der Waals surface area contributed by atoms with E-state index < -0.39 is 0 Å². The van der Waals surface area contributed by atoms with Gasteiger partial charge in [-0.1, -0.05) is 13.8 Å². The van der Waals surface area contributed by atoms with Gasteiger partial charge in [0.2, 0.25) is 5.88 Å². The molecule has 118 valence electrons. The van der Waals surface area contributed by atoms with Crippen LogP contribution in [0.5, 0.6) is 5.88 Å². The molecular weight excluding hydrogens is 282 g/mol. The molecule has 7 nitrogen and oxygen atoms in total. The van der Waals surface area contributed by atoms with Crippen LogP contribution >= 0.6 is 0 Å². The number of anilines is 1. The smallest absolute Gasteiger partial charge is 0.269 e. The minimum atomic E-state index is -0.166. The average Bonchev–Trinajstić information content (AvgIpc) is 2.54. The van der Waals surface area contributed by atoms with Gasteiger partial charge in [-0.2, -0.15) is 5.10 Å². The Hall–Kier alpha value is -2.44. The first-order valence-electron chi connectivity index (χ1n) is 7.47. The zero-order valence-electron chi connectivity index (χ0n) is 13.1. The molecule has 0 aromatic carbocycles. The van der Waals surface area contributed by atoms with Crippen molar-refractivity contribution in [1.82, 2.24) is 20.2 Å². The molecule has 0 aliphatic heterocycles. The molecule has 7 heteroatoms. The van der Waals surface area contributed by atoms with E-state index in [0.29, 0.717) is 30.4 Å². The Morgan fingerprint density at radius 1 is 1.18 bits per heavy atom. The van der Waals surface area contributed by atoms with Crippen LogP contribution in [0.1, 0.15) is 37.6 Å². The first kappa shape index (κ1) is 15.9. The fourth-order valence-electron chi connectivity index (χ4n) is 2.30. The topological polar surface area (TPSA) is 92.8 Å². The summed E-state index contributed by atoms with van der Waals surface area (Å²) in [5, 5.41) is 9.82. The normalized spacial score (nSPS) is 10.5. The summed E-state index contributed by atoms with van der Waals surface area (Å²) in [6.07, 6.45) is 2.99. The molecular formula is C15H21N5O2. The summed E-state index contributed by atoms with van der Waals surface area (Å²) >= 11 is 0. The van der Waals surface area contributed by atoms with Crippen molar-refractivity contribution < 1.29 is 4.74 Å². The van der Waals surface area contributed by atoms with Gasteiger partial charge in [0.1, 0.15) is 12.1 Å². The molecule has 0 fully saturated rings. The number of aromatic amines is 1. The van der Waals surface area contributed by atoms with E-state index in [1.807, 2.05) is 20.8 Å². The van der Waals surface area contributed by atoms with Gasteiger partial charge in [0.15, 0.2) is 0 Å². The monoisotopic (exact) mass is 303 g/mol. The summed E-state index contributed by atoms with van der Waals surface area (Å²) in [7, 11) is 0. The molecule has 0 aliphatic carbocycles. The van der Waals surface area contributed by atoms with Crippen molar-refractivity contribution in [3.8, 4) is 5.88 Å². The maximum Gasteiger partial charge on any atom is 0.269 e. The Labute approximate surface area is 129 Å². The molecule has 0 bridgehead atoms. The zero-order chi connectivity index (χ0) is 15.9. The van der Waals surface area contributed by atoms with Crippen LogP contribution in [0.3, 0.4) is 0 Å². The third-order valence-electron chi connectivity index (χ3n) is 3.35. The highest BCUT2D eigenvalue weighted by Gasteiger charge is 2.12. The SMILES string of the molecule is CCOc1cc(NCc2c(CC)c(CC)n[nH]c2=O)ncn1. The van der Waals surface area contributed by atoms with Crippen molar-refractivity contribution in [2.45, 2.75) is 40.2 Å². The Morgan fingerprint density at radius 2 is 2.00 bits per heavy atom. The number of H-pyrrole nitrogens is 1. The van der Waals surface area contributed by atoms with Gasteiger partial charge in [-0.05, 0) is 25.3 Å². The third kappa shape index (κ3) is 3.60. The van der Waals surface area contributed by atoms with Crippen molar-refractivity contribution in [2.24, 2.45) is 0 Å². The van der Waals surface area contributed by atoms with Crippen molar-refractivity contribution in [3.05, 3.63) is 39.6 Å². The summed E-state index contributed by atoms with van der Waals surface area (Å²) in [5.74, 6) is 1.13. The number of nitrogens with zero attached hydrogens (tertiary/aromatic N) is 3. The number of rotatable bonds is 7. The second-order valence-electron chi connectivity index (χ2n) is 4.69. The number of aryl methyl sites for hydroxylation is 1. The highest BCUT2D eigenvalue weighted by Crippen LogP contribution is 2.14. The van der Waals surface area contributed by atoms with E-state index in [4.69, 9.17) is 4.74 Å². The summed E-state index contributed by atoms with van der Waals surface area (Å²) in [5.41, 5.74) is 2.46. The van der Waals surface area contributed by atoms with Crippen LogP contribution in [-0.2, 0) is 19.4 Å². The Balaban J connectivity index is 2.21. The number of ether oxygens (including phenoxy) is 1. The van der Waals surface area contributed by atoms with Gasteiger partial charge in [0.05, 0.1) is 12.3 Å². The lowest BCUT2D eigenvalue weighted by atomic mass is 10.0. The van der Waals surface area contributed by atoms with Crippen LogP contribution in [0.25, 0.3) is 0 Å². The molecule has 0 saturated carbocycles. The standard InChI is InChI=1S/C15H21N5O2/c1-4-10-11(15(21)20-19-12(10)5-2)8-16-13-7-14(22-6-3)18-9-17-13/h7,9H,4-6,8H2,1-3H3,(H,20,21)(H,16,17,18). The second-order valence-corrected chi connectivity index (χ2v) is 4.69. The predicted molar refractivity (Wildman–Crippen MR) is 84.1 cm³/mol. The second kappa shape index (κ2) is 7.53. The maximum absolute atomic E-state index is 12.0. The summed E-state index contributed by atoms with van der Waals surface area (Å²) in [6, 6.07) is 1.71. The molecule has 2 heterocycles. The van der Waals surface area contributed by atoms with Crippen LogP contribution in [0, 0.1) is 0 Å². The van der Waals surface area contributed by atoms with Crippen molar-refractivity contribution in [2.75, 3.05) is 11.9 Å². The quantitative estimate of drug-likeness (QED) is 0.808. The van der Waals surface area contributed by atoms with Crippen LogP contribution in [0.15, 0.2) is 17.2 Å². The molecule has 0 atom stereocenters. The van der Waals surface area contributed by atoms with E-state index in [2.05, 4.69) is 25.5 Å². The Kier molecular flexibility index (Phi) is 5.46. The number of hydrogen-bond donors (Lipinski definition) is 2. The molecule has 0 unspecified atom stereocenters. The molecule has 2 N–H and O–H groups in total. The van der Waals surface area contributed by atoms with Crippen molar-refractivity contribution >= 4 is 5.82 Å². The number of aromatic nitrogens is 4. The fourth-order valence-corrected chi connectivity index (χ4v) is 2.30. The van der Waals surface area contributed by atoms with Crippen molar-refractivity contribution in [1.29, 1.82) is 0 Å². The number of hydrogen-bond acceptors (Lipinski definition) is 6. The third-order valence-corrected chi connectivity index (χ3v) is 3.35. The lowest BCUT2D eigenvalue weighted by Crippen LogP contribution is -2.22. The van der Waals surface area contributed by atoms with E-state index in [9.17, 15) is 4.79 Å². The van der Waals surface area contributed by atoms with Crippen LogP contribution in [0.4, 0.5) is 5.82 Å². The summed E-state index contributed by atoms with van der Waals surface area (Å²) < 4.78 is 5.33. The van der Waals surface area contributed by atoms with Gasteiger partial charge in [-0.25, -0.2) is 15.1 Å². The van der Waals surface area contributed by atoms with Crippen LogP contribution in [0.2, 0.25) is 0 Å². The lowest BCUT2D eigenvalue weighted by molar-refractivity contribution is 0.326. The van der Waals surface area contributed by atoms with Crippen molar-refractivity contribution in [3.63, 3.8) is 0 Å². The molecule has 0 amide bonds. The largest absolute Gasteiger partial charge is 0.478 e. The van der Waals surface area contributed by atoms with Crippen LogP contribution < -0.4 is 15.6 Å². The van der Waals surface area contributed by atoms with E-state index in [1.165, 1.54) is 6.33 Å². The lowest BCUT2D eigenvalue weighted by Gasteiger charge is -2.12.